The summed E-state index contributed by atoms with van der Waals surface area (Å²) in [7, 11) is 0. The van der Waals surface area contributed by atoms with Crippen molar-refractivity contribution in [1.29, 1.82) is 0 Å². The number of fused-ring (bicyclic) bond motifs is 2. The molecule has 1 atom stereocenters. The SMILES string of the molecule is Cc1ccn(-c2ccc(C(=O)C3c4ccccc4NC=C4N=NNN43)c(Cl)c2)n1. The molecule has 0 aliphatic carbocycles. The van der Waals surface area contributed by atoms with Gasteiger partial charge in [-0.1, -0.05) is 35.0 Å². The van der Waals surface area contributed by atoms with Gasteiger partial charge in [-0.05, 0) is 37.3 Å². The number of benzene rings is 2. The van der Waals surface area contributed by atoms with Crippen LogP contribution in [0.4, 0.5) is 5.69 Å². The lowest BCUT2D eigenvalue weighted by Crippen LogP contribution is -2.37. The number of rotatable bonds is 3. The zero-order valence-electron chi connectivity index (χ0n) is 15.4. The summed E-state index contributed by atoms with van der Waals surface area (Å²) in [6, 6.07) is 14.1. The molecule has 3 aromatic rings. The monoisotopic (exact) mass is 405 g/mol. The third-order valence-corrected chi connectivity index (χ3v) is 5.19. The van der Waals surface area contributed by atoms with E-state index >= 15 is 0 Å². The van der Waals surface area contributed by atoms with Gasteiger partial charge in [-0.2, -0.15) is 10.6 Å². The number of nitrogens with one attached hydrogen (secondary N) is 2. The Morgan fingerprint density at radius 1 is 1.17 bits per heavy atom. The van der Waals surface area contributed by atoms with Crippen LogP contribution >= 0.6 is 11.6 Å². The Bertz CT molecular complexity index is 1180. The van der Waals surface area contributed by atoms with Gasteiger partial charge in [0.1, 0.15) is 6.04 Å². The van der Waals surface area contributed by atoms with Crippen molar-refractivity contribution >= 4 is 23.1 Å². The van der Waals surface area contributed by atoms with Crippen molar-refractivity contribution < 1.29 is 4.79 Å². The molecule has 5 rings (SSSR count). The molecule has 0 amide bonds. The number of nitrogens with zero attached hydrogens (tertiary/aromatic N) is 5. The first-order valence-corrected chi connectivity index (χ1v) is 9.37. The first kappa shape index (κ1) is 17.4. The number of aryl methyl sites for hydroxylation is 1. The van der Waals surface area contributed by atoms with Gasteiger partial charge in [-0.25, -0.2) is 9.69 Å². The Morgan fingerprint density at radius 2 is 2.03 bits per heavy atom. The second kappa shape index (κ2) is 6.75. The summed E-state index contributed by atoms with van der Waals surface area (Å²) in [6.07, 6.45) is 3.56. The molecule has 0 radical (unpaired) electrons. The van der Waals surface area contributed by atoms with Crippen LogP contribution in [-0.2, 0) is 0 Å². The lowest BCUT2D eigenvalue weighted by molar-refractivity contribution is 0.0820. The highest BCUT2D eigenvalue weighted by molar-refractivity contribution is 6.34. The van der Waals surface area contributed by atoms with Crippen molar-refractivity contribution in [2.75, 3.05) is 5.32 Å². The van der Waals surface area contributed by atoms with Crippen molar-refractivity contribution in [1.82, 2.24) is 20.3 Å². The van der Waals surface area contributed by atoms with Crippen molar-refractivity contribution in [3.8, 4) is 5.69 Å². The Balaban J connectivity index is 1.56. The van der Waals surface area contributed by atoms with Crippen LogP contribution in [0, 0.1) is 6.92 Å². The number of hydrazine groups is 1. The topological polar surface area (TPSA) is 86.9 Å². The molecule has 0 fully saturated rings. The number of aromatic nitrogens is 2. The van der Waals surface area contributed by atoms with Crippen LogP contribution in [0.25, 0.3) is 5.69 Å². The number of anilines is 1. The Kier molecular flexibility index (Phi) is 4.06. The first-order valence-electron chi connectivity index (χ1n) is 8.99. The molecule has 29 heavy (non-hydrogen) atoms. The van der Waals surface area contributed by atoms with Gasteiger partial charge in [0.05, 0.1) is 16.4 Å². The lowest BCUT2D eigenvalue weighted by atomic mass is 9.95. The summed E-state index contributed by atoms with van der Waals surface area (Å²) in [6.45, 7) is 1.91. The Morgan fingerprint density at radius 3 is 2.83 bits per heavy atom. The smallest absolute Gasteiger partial charge is 0.193 e. The summed E-state index contributed by atoms with van der Waals surface area (Å²) in [5, 5.41) is 17.4. The van der Waals surface area contributed by atoms with Gasteiger partial charge in [0.25, 0.3) is 0 Å². The maximum Gasteiger partial charge on any atom is 0.193 e. The maximum absolute atomic E-state index is 13.6. The number of Topliss-reactive ketones (excluding diaryl/α,β-unsaturated/α-hetero) is 1. The minimum absolute atomic E-state index is 0.167. The van der Waals surface area contributed by atoms with Gasteiger partial charge in [0, 0.05) is 29.2 Å². The molecule has 8 nitrogen and oxygen atoms in total. The van der Waals surface area contributed by atoms with Crippen molar-refractivity contribution in [2.24, 2.45) is 10.3 Å². The zero-order valence-corrected chi connectivity index (χ0v) is 16.1. The van der Waals surface area contributed by atoms with E-state index in [2.05, 4.69) is 26.3 Å². The summed E-state index contributed by atoms with van der Waals surface area (Å²) >= 11 is 6.53. The third-order valence-electron chi connectivity index (χ3n) is 4.88. The van der Waals surface area contributed by atoms with E-state index in [0.29, 0.717) is 16.4 Å². The van der Waals surface area contributed by atoms with Crippen LogP contribution < -0.4 is 10.9 Å². The number of hydrogen-bond acceptors (Lipinski definition) is 7. The minimum Gasteiger partial charge on any atom is -0.358 e. The van der Waals surface area contributed by atoms with Crippen LogP contribution in [0.1, 0.15) is 27.7 Å². The van der Waals surface area contributed by atoms with Crippen LogP contribution in [0.5, 0.6) is 0 Å². The number of hydrogen-bond donors (Lipinski definition) is 2. The summed E-state index contributed by atoms with van der Waals surface area (Å²) in [5.41, 5.74) is 6.52. The van der Waals surface area contributed by atoms with E-state index in [1.54, 1.807) is 28.0 Å². The minimum atomic E-state index is -0.683. The lowest BCUT2D eigenvalue weighted by Gasteiger charge is -2.26. The molecule has 3 heterocycles. The standard InChI is InChI=1S/C20H16ClN7O/c1-12-8-9-27(24-12)13-6-7-14(16(21)10-13)20(29)19-15-4-2-3-5-17(15)22-11-18-23-25-26-28(18)19/h2-11,19,22H,1H3,(H,23,26). The third kappa shape index (κ3) is 2.94. The predicted molar refractivity (Wildman–Crippen MR) is 108 cm³/mol. The van der Waals surface area contributed by atoms with Gasteiger partial charge >= 0.3 is 0 Å². The van der Waals surface area contributed by atoms with E-state index in [1.165, 1.54) is 0 Å². The van der Waals surface area contributed by atoms with Gasteiger partial charge in [0.15, 0.2) is 11.6 Å². The van der Waals surface area contributed by atoms with Crippen molar-refractivity contribution in [2.45, 2.75) is 13.0 Å². The molecule has 1 unspecified atom stereocenters. The molecule has 2 aliphatic heterocycles. The fraction of sp³-hybridized carbons (Fsp3) is 0.100. The molecule has 0 saturated heterocycles. The van der Waals surface area contributed by atoms with E-state index in [1.807, 2.05) is 49.5 Å². The fourth-order valence-electron chi connectivity index (χ4n) is 3.47. The summed E-state index contributed by atoms with van der Waals surface area (Å²) < 4.78 is 1.72. The molecule has 0 saturated carbocycles. The summed E-state index contributed by atoms with van der Waals surface area (Å²) in [5.74, 6) is 0.347. The number of para-hydroxylation sites is 1. The van der Waals surface area contributed by atoms with Crippen molar-refractivity contribution in [3.05, 3.63) is 88.6 Å². The first-order chi connectivity index (χ1) is 14.1. The van der Waals surface area contributed by atoms with Crippen LogP contribution in [0.3, 0.4) is 0 Å². The molecule has 0 bridgehead atoms. The molecule has 2 aromatic carbocycles. The van der Waals surface area contributed by atoms with E-state index in [0.717, 1.165) is 22.6 Å². The highest BCUT2D eigenvalue weighted by Gasteiger charge is 2.36. The molecule has 2 N–H and O–H groups in total. The predicted octanol–water partition coefficient (Wildman–Crippen LogP) is 4.17. The average molecular weight is 406 g/mol. The van der Waals surface area contributed by atoms with Gasteiger partial charge in [0.2, 0.25) is 0 Å². The van der Waals surface area contributed by atoms with E-state index in [4.69, 9.17) is 11.6 Å². The highest BCUT2D eigenvalue weighted by atomic mass is 35.5. The van der Waals surface area contributed by atoms with Crippen molar-refractivity contribution in [3.63, 3.8) is 0 Å². The van der Waals surface area contributed by atoms with E-state index < -0.39 is 6.04 Å². The zero-order chi connectivity index (χ0) is 20.0. The summed E-state index contributed by atoms with van der Waals surface area (Å²) in [4.78, 5) is 13.6. The number of carbonyl (C=O) groups excluding carboxylic acids is 1. The Hall–Kier alpha value is -3.65. The molecule has 9 heteroatoms. The molecule has 1 aromatic heterocycles. The molecular weight excluding hydrogens is 390 g/mol. The Labute approximate surface area is 171 Å². The van der Waals surface area contributed by atoms with Gasteiger partial charge < -0.3 is 5.32 Å². The highest BCUT2D eigenvalue weighted by Crippen LogP contribution is 2.37. The van der Waals surface area contributed by atoms with Gasteiger partial charge in [-0.3, -0.25) is 4.79 Å². The fourth-order valence-corrected chi connectivity index (χ4v) is 3.74. The quantitative estimate of drug-likeness (QED) is 0.638. The maximum atomic E-state index is 13.6. The van der Waals surface area contributed by atoms with E-state index in [-0.39, 0.29) is 5.78 Å². The molecular formula is C20H16ClN7O. The number of ketones is 1. The van der Waals surface area contributed by atoms with E-state index in [9.17, 15) is 4.79 Å². The van der Waals surface area contributed by atoms with Gasteiger partial charge in [-0.15, -0.1) is 5.11 Å². The van der Waals surface area contributed by atoms with Crippen LogP contribution in [0.2, 0.25) is 5.02 Å². The molecule has 2 aliphatic rings. The second-order valence-electron chi connectivity index (χ2n) is 6.74. The molecule has 0 spiro atoms. The average Bonchev–Trinajstić information content (AvgIpc) is 3.33. The number of carbonyl (C=O) groups is 1. The van der Waals surface area contributed by atoms with Crippen LogP contribution in [0.15, 0.2) is 77.1 Å². The largest absolute Gasteiger partial charge is 0.358 e. The normalized spacial score (nSPS) is 17.0. The molecule has 144 valence electrons. The number of halogens is 1. The second-order valence-corrected chi connectivity index (χ2v) is 7.14. The van der Waals surface area contributed by atoms with Crippen LogP contribution in [-0.4, -0.2) is 20.6 Å².